The van der Waals surface area contributed by atoms with Gasteiger partial charge >= 0.3 is 5.97 Å². The molecule has 0 aromatic rings. The number of halogens is 3. The highest BCUT2D eigenvalue weighted by Crippen LogP contribution is 2.27. The molecule has 1 unspecified atom stereocenters. The molecule has 17 heavy (non-hydrogen) atoms. The van der Waals surface area contributed by atoms with Gasteiger partial charge in [-0.1, -0.05) is 40.4 Å². The van der Waals surface area contributed by atoms with Crippen LogP contribution in [-0.2, 0) is 14.3 Å². The number of rotatable bonds is 3. The van der Waals surface area contributed by atoms with Crippen LogP contribution in [0.25, 0.3) is 0 Å². The number of hydrogen-bond acceptors (Lipinski definition) is 3. The van der Waals surface area contributed by atoms with Gasteiger partial charge in [0, 0.05) is 12.7 Å². The number of β-lactam (4-membered cyclic amide) rings is 1. The van der Waals surface area contributed by atoms with Crippen molar-refractivity contribution < 1.29 is 14.3 Å². The van der Waals surface area contributed by atoms with E-state index in [1.807, 2.05) is 13.8 Å². The average molecular weight is 301 g/mol. The summed E-state index contributed by atoms with van der Waals surface area (Å²) >= 11 is 16.3. The van der Waals surface area contributed by atoms with E-state index in [1.54, 1.807) is 6.20 Å². The van der Waals surface area contributed by atoms with Crippen molar-refractivity contribution in [3.63, 3.8) is 0 Å². The predicted molar refractivity (Wildman–Crippen MR) is 65.9 cm³/mol. The number of esters is 1. The van der Waals surface area contributed by atoms with E-state index < -0.39 is 15.7 Å². The molecule has 7 heteroatoms. The van der Waals surface area contributed by atoms with Crippen molar-refractivity contribution in [1.29, 1.82) is 0 Å². The molecule has 1 aliphatic heterocycles. The topological polar surface area (TPSA) is 46.6 Å². The Balaban J connectivity index is 2.43. The van der Waals surface area contributed by atoms with Gasteiger partial charge in [-0.25, -0.2) is 0 Å². The zero-order valence-corrected chi connectivity index (χ0v) is 11.6. The van der Waals surface area contributed by atoms with Gasteiger partial charge in [0.15, 0.2) is 5.92 Å². The van der Waals surface area contributed by atoms with Crippen molar-refractivity contribution >= 4 is 46.7 Å². The molecule has 0 N–H and O–H groups in total. The van der Waals surface area contributed by atoms with Crippen LogP contribution in [0.15, 0.2) is 11.8 Å². The van der Waals surface area contributed by atoms with Gasteiger partial charge in [-0.05, 0) is 13.8 Å². The molecule has 1 heterocycles. The van der Waals surface area contributed by atoms with E-state index in [9.17, 15) is 9.59 Å². The molecule has 4 nitrogen and oxygen atoms in total. The van der Waals surface area contributed by atoms with Crippen molar-refractivity contribution in [1.82, 2.24) is 4.90 Å². The summed E-state index contributed by atoms with van der Waals surface area (Å²) in [5, 5.41) is 0. The van der Waals surface area contributed by atoms with Crippen molar-refractivity contribution in [3.8, 4) is 0 Å². The fourth-order valence-electron chi connectivity index (χ4n) is 1.31. The molecule has 0 saturated carbocycles. The second kappa shape index (κ2) is 5.46. The van der Waals surface area contributed by atoms with E-state index in [0.29, 0.717) is 6.54 Å². The number of amides is 1. The molecular weight excluding hydrogens is 288 g/mol. The van der Waals surface area contributed by atoms with Gasteiger partial charge in [-0.2, -0.15) is 0 Å². The standard InChI is InChI=1S/C10H12Cl3NO3/c1-6(2)3-14-4-7(8(14)15)9(16)17-5-10(11,12)13/h3,7H,4-5H2,1-2H3. The summed E-state index contributed by atoms with van der Waals surface area (Å²) in [6.07, 6.45) is 1.68. The van der Waals surface area contributed by atoms with Gasteiger partial charge in [0.25, 0.3) is 0 Å². The maximum atomic E-state index is 11.5. The summed E-state index contributed by atoms with van der Waals surface area (Å²) in [5.74, 6) is -1.72. The normalized spacial score (nSPS) is 19.7. The van der Waals surface area contributed by atoms with Crippen LogP contribution < -0.4 is 0 Å². The minimum atomic E-state index is -1.65. The molecule has 0 aliphatic carbocycles. The van der Waals surface area contributed by atoms with Gasteiger partial charge in [0.05, 0.1) is 0 Å². The summed E-state index contributed by atoms with van der Waals surface area (Å²) in [6, 6.07) is 0. The monoisotopic (exact) mass is 299 g/mol. The van der Waals surface area contributed by atoms with Crippen LogP contribution in [-0.4, -0.2) is 33.7 Å². The van der Waals surface area contributed by atoms with E-state index in [0.717, 1.165) is 5.57 Å². The Morgan fingerprint density at radius 3 is 2.53 bits per heavy atom. The van der Waals surface area contributed by atoms with Crippen LogP contribution in [0, 0.1) is 5.92 Å². The first-order valence-corrected chi connectivity index (χ1v) is 6.03. The van der Waals surface area contributed by atoms with E-state index in [1.165, 1.54) is 4.90 Å². The Morgan fingerprint density at radius 1 is 1.53 bits per heavy atom. The Hall–Kier alpha value is -0.450. The second-order valence-electron chi connectivity index (χ2n) is 3.97. The maximum Gasteiger partial charge on any atom is 0.320 e. The number of allylic oxidation sites excluding steroid dienone is 1. The smallest absolute Gasteiger partial charge is 0.320 e. The third-order valence-corrected chi connectivity index (χ3v) is 2.36. The lowest BCUT2D eigenvalue weighted by molar-refractivity contribution is -0.163. The summed E-state index contributed by atoms with van der Waals surface area (Å²) in [7, 11) is 0. The Kier molecular flexibility index (Phi) is 4.69. The van der Waals surface area contributed by atoms with E-state index in [2.05, 4.69) is 0 Å². The van der Waals surface area contributed by atoms with Crippen molar-refractivity contribution in [2.75, 3.05) is 13.2 Å². The molecule has 1 aliphatic rings. The molecule has 1 fully saturated rings. The van der Waals surface area contributed by atoms with Crippen LogP contribution >= 0.6 is 34.8 Å². The minimum Gasteiger partial charge on any atom is -0.460 e. The highest BCUT2D eigenvalue weighted by atomic mass is 35.6. The fraction of sp³-hybridized carbons (Fsp3) is 0.600. The quantitative estimate of drug-likeness (QED) is 0.348. The van der Waals surface area contributed by atoms with Crippen LogP contribution in [0.3, 0.4) is 0 Å². The first-order valence-electron chi connectivity index (χ1n) is 4.89. The van der Waals surface area contributed by atoms with Gasteiger partial charge in [0.2, 0.25) is 9.70 Å². The lowest BCUT2D eigenvalue weighted by atomic mass is 9.99. The van der Waals surface area contributed by atoms with Crippen LogP contribution in [0.2, 0.25) is 0 Å². The Bertz CT molecular complexity index is 358. The zero-order chi connectivity index (χ0) is 13.2. The molecule has 0 aromatic heterocycles. The largest absolute Gasteiger partial charge is 0.460 e. The molecule has 1 atom stereocenters. The Morgan fingerprint density at radius 2 is 2.12 bits per heavy atom. The van der Waals surface area contributed by atoms with Gasteiger partial charge in [0.1, 0.15) is 6.61 Å². The van der Waals surface area contributed by atoms with Crippen LogP contribution in [0.4, 0.5) is 0 Å². The number of alkyl halides is 3. The highest BCUT2D eigenvalue weighted by Gasteiger charge is 2.42. The molecule has 96 valence electrons. The first kappa shape index (κ1) is 14.6. The highest BCUT2D eigenvalue weighted by molar-refractivity contribution is 6.67. The molecule has 0 spiro atoms. The molecule has 1 rings (SSSR count). The van der Waals surface area contributed by atoms with Crippen molar-refractivity contribution in [3.05, 3.63) is 11.8 Å². The summed E-state index contributed by atoms with van der Waals surface area (Å²) < 4.78 is 3.08. The molecule has 1 saturated heterocycles. The first-order chi connectivity index (χ1) is 7.70. The molecule has 0 radical (unpaired) electrons. The number of nitrogens with zero attached hydrogens (tertiary/aromatic N) is 1. The lowest BCUT2D eigenvalue weighted by Gasteiger charge is -2.34. The SMILES string of the molecule is CC(C)=CN1CC(C(=O)OCC(Cl)(Cl)Cl)C1=O. The average Bonchev–Trinajstić information content (AvgIpc) is 2.18. The van der Waals surface area contributed by atoms with Crippen LogP contribution in [0.1, 0.15) is 13.8 Å². The molecular formula is C10H12Cl3NO3. The van der Waals surface area contributed by atoms with E-state index in [4.69, 9.17) is 39.5 Å². The zero-order valence-electron chi connectivity index (χ0n) is 9.37. The third kappa shape index (κ3) is 4.37. The lowest BCUT2D eigenvalue weighted by Crippen LogP contribution is -2.53. The fourth-order valence-corrected chi connectivity index (χ4v) is 1.47. The van der Waals surface area contributed by atoms with E-state index >= 15 is 0 Å². The van der Waals surface area contributed by atoms with Crippen LogP contribution in [0.5, 0.6) is 0 Å². The number of hydrogen-bond donors (Lipinski definition) is 0. The van der Waals surface area contributed by atoms with Crippen molar-refractivity contribution in [2.24, 2.45) is 5.92 Å². The summed E-state index contributed by atoms with van der Waals surface area (Å²) in [6.45, 7) is 3.68. The van der Waals surface area contributed by atoms with Gasteiger partial charge in [-0.3, -0.25) is 9.59 Å². The number of carbonyl (C=O) groups excluding carboxylic acids is 2. The maximum absolute atomic E-state index is 11.5. The predicted octanol–water partition coefficient (Wildman–Crippen LogP) is 2.28. The molecule has 0 bridgehead atoms. The number of ether oxygens (including phenoxy) is 1. The number of carbonyl (C=O) groups is 2. The summed E-state index contributed by atoms with van der Waals surface area (Å²) in [5.41, 5.74) is 0.978. The van der Waals surface area contributed by atoms with Gasteiger partial charge < -0.3 is 9.64 Å². The second-order valence-corrected chi connectivity index (χ2v) is 6.49. The minimum absolute atomic E-state index is 0.291. The number of likely N-dealkylation sites (tertiary alicyclic amines) is 1. The Labute approximate surface area is 114 Å². The summed E-state index contributed by atoms with van der Waals surface area (Å²) in [4.78, 5) is 24.4. The van der Waals surface area contributed by atoms with Crippen molar-refractivity contribution in [2.45, 2.75) is 17.6 Å². The molecule has 0 aromatic carbocycles. The van der Waals surface area contributed by atoms with E-state index in [-0.39, 0.29) is 12.5 Å². The van der Waals surface area contributed by atoms with Gasteiger partial charge in [-0.15, -0.1) is 0 Å². The third-order valence-electron chi connectivity index (χ3n) is 2.04. The molecule has 1 amide bonds.